The molecule has 4 rings (SSSR count). The predicted molar refractivity (Wildman–Crippen MR) is 131 cm³/mol. The lowest BCUT2D eigenvalue weighted by Crippen LogP contribution is -2.44. The van der Waals surface area contributed by atoms with E-state index in [0.717, 1.165) is 36.8 Å². The van der Waals surface area contributed by atoms with E-state index in [9.17, 15) is 4.79 Å². The molecule has 1 aliphatic heterocycles. The number of guanidine groups is 1. The molecule has 0 saturated carbocycles. The highest BCUT2D eigenvalue weighted by Gasteiger charge is 2.24. The van der Waals surface area contributed by atoms with Crippen LogP contribution >= 0.6 is 0 Å². The number of anilines is 1. The van der Waals surface area contributed by atoms with Gasteiger partial charge in [0.15, 0.2) is 11.7 Å². The summed E-state index contributed by atoms with van der Waals surface area (Å²) in [5, 5.41) is 9.71. The molecule has 33 heavy (non-hydrogen) atoms. The molecule has 0 spiro atoms. The second-order valence-corrected chi connectivity index (χ2v) is 8.19. The average molecular weight is 446 g/mol. The minimum absolute atomic E-state index is 0.265. The highest BCUT2D eigenvalue weighted by molar-refractivity contribution is 6.02. The number of nitrogens with one attached hydrogen (secondary N) is 3. The molecule has 2 heterocycles. The fourth-order valence-electron chi connectivity index (χ4n) is 4.13. The van der Waals surface area contributed by atoms with Gasteiger partial charge in [-0.25, -0.2) is 0 Å². The molecule has 1 saturated heterocycles. The number of benzene rings is 2. The van der Waals surface area contributed by atoms with Crippen molar-refractivity contribution in [1.29, 1.82) is 0 Å². The number of hydrogen-bond acceptors (Lipinski definition) is 4. The number of carbonyl (C=O) groups excluding carboxylic acids is 1. The van der Waals surface area contributed by atoms with Gasteiger partial charge in [0, 0.05) is 38.4 Å². The van der Waals surface area contributed by atoms with E-state index >= 15 is 0 Å². The molecule has 0 radical (unpaired) electrons. The smallest absolute Gasteiger partial charge is 0.291 e. The highest BCUT2D eigenvalue weighted by atomic mass is 16.3. The molecular weight excluding hydrogens is 414 g/mol. The van der Waals surface area contributed by atoms with E-state index in [1.807, 2.05) is 24.3 Å². The molecule has 0 aliphatic carbocycles. The van der Waals surface area contributed by atoms with E-state index < -0.39 is 0 Å². The summed E-state index contributed by atoms with van der Waals surface area (Å²) >= 11 is 0. The molecule has 3 aromatic rings. The Morgan fingerprint density at radius 1 is 1.06 bits per heavy atom. The zero-order valence-electron chi connectivity index (χ0n) is 19.0. The Balaban J connectivity index is 1.26. The average Bonchev–Trinajstić information content (AvgIpc) is 3.53. The minimum Gasteiger partial charge on any atom is -0.459 e. The zero-order chi connectivity index (χ0) is 22.9. The molecule has 1 aliphatic rings. The summed E-state index contributed by atoms with van der Waals surface area (Å²) in [7, 11) is 1.78. The summed E-state index contributed by atoms with van der Waals surface area (Å²) in [6.45, 7) is 3.56. The number of likely N-dealkylation sites (tertiary alicyclic amines) is 1. The van der Waals surface area contributed by atoms with Crippen molar-refractivity contribution in [3.05, 3.63) is 89.9 Å². The number of rotatable bonds is 8. The fourth-order valence-corrected chi connectivity index (χ4v) is 4.13. The van der Waals surface area contributed by atoms with Crippen LogP contribution in [0, 0.1) is 0 Å². The standard InChI is InChI=1S/C26H31N5O2/c1-27-26(29-18-23-12-6-14-31(23)19-20-8-3-2-4-9-20)28-17-21-10-5-11-22(16-21)30-25(32)24-13-7-15-33-24/h2-5,7-11,13,15-16,23H,6,12,14,17-19H2,1H3,(H,30,32)(H2,27,28,29). The lowest BCUT2D eigenvalue weighted by molar-refractivity contribution is 0.0996. The van der Waals surface area contributed by atoms with Gasteiger partial charge in [0.2, 0.25) is 0 Å². The number of aliphatic imine (C=N–C) groups is 1. The Kier molecular flexibility index (Phi) is 7.76. The third-order valence-electron chi connectivity index (χ3n) is 5.85. The Labute approximate surface area is 194 Å². The maximum Gasteiger partial charge on any atom is 0.291 e. The van der Waals surface area contributed by atoms with Crippen molar-refractivity contribution in [3.8, 4) is 0 Å². The normalized spacial score (nSPS) is 16.5. The number of hydrogen-bond donors (Lipinski definition) is 3. The van der Waals surface area contributed by atoms with E-state index in [-0.39, 0.29) is 11.7 Å². The molecule has 0 bridgehead atoms. The van der Waals surface area contributed by atoms with Crippen molar-refractivity contribution < 1.29 is 9.21 Å². The van der Waals surface area contributed by atoms with Gasteiger partial charge in [-0.2, -0.15) is 0 Å². The van der Waals surface area contributed by atoms with Gasteiger partial charge < -0.3 is 20.4 Å². The van der Waals surface area contributed by atoms with E-state index in [1.54, 1.807) is 19.2 Å². The van der Waals surface area contributed by atoms with Crippen molar-refractivity contribution in [1.82, 2.24) is 15.5 Å². The van der Waals surface area contributed by atoms with Gasteiger partial charge in [0.25, 0.3) is 5.91 Å². The molecular formula is C26H31N5O2. The first-order chi connectivity index (χ1) is 16.2. The molecule has 3 N–H and O–H groups in total. The van der Waals surface area contributed by atoms with Crippen LogP contribution in [-0.2, 0) is 13.1 Å². The maximum absolute atomic E-state index is 12.2. The summed E-state index contributed by atoms with van der Waals surface area (Å²) in [5.74, 6) is 0.794. The van der Waals surface area contributed by atoms with Gasteiger partial charge in [-0.3, -0.25) is 14.7 Å². The number of nitrogens with zero attached hydrogens (tertiary/aromatic N) is 2. The second-order valence-electron chi connectivity index (χ2n) is 8.19. The Morgan fingerprint density at radius 2 is 1.91 bits per heavy atom. The SMILES string of the molecule is CN=C(NCc1cccc(NC(=O)c2ccco2)c1)NCC1CCCN1Cc1ccccc1. The van der Waals surface area contributed by atoms with Gasteiger partial charge >= 0.3 is 0 Å². The highest BCUT2D eigenvalue weighted by Crippen LogP contribution is 2.19. The van der Waals surface area contributed by atoms with E-state index in [1.165, 1.54) is 24.7 Å². The van der Waals surface area contributed by atoms with Crippen molar-refractivity contribution >= 4 is 17.6 Å². The molecule has 2 aromatic carbocycles. The first-order valence-corrected chi connectivity index (χ1v) is 11.4. The van der Waals surface area contributed by atoms with Crippen LogP contribution in [-0.4, -0.2) is 42.9 Å². The van der Waals surface area contributed by atoms with E-state index in [4.69, 9.17) is 4.42 Å². The molecule has 7 heteroatoms. The topological polar surface area (TPSA) is 81.9 Å². The number of amides is 1. The Hall–Kier alpha value is -3.58. The number of carbonyl (C=O) groups is 1. The van der Waals surface area contributed by atoms with Crippen LogP contribution in [0.5, 0.6) is 0 Å². The maximum atomic E-state index is 12.2. The summed E-state index contributed by atoms with van der Waals surface area (Å²) in [5.41, 5.74) is 3.12. The van der Waals surface area contributed by atoms with Crippen LogP contribution in [0.1, 0.15) is 34.5 Å². The molecule has 1 atom stereocenters. The quantitative estimate of drug-likeness (QED) is 0.362. The summed E-state index contributed by atoms with van der Waals surface area (Å²) in [6, 6.07) is 22.2. The summed E-state index contributed by atoms with van der Waals surface area (Å²) < 4.78 is 5.15. The van der Waals surface area contributed by atoms with Crippen molar-refractivity contribution in [2.24, 2.45) is 4.99 Å². The van der Waals surface area contributed by atoms with Gasteiger partial charge in [0.05, 0.1) is 6.26 Å². The molecule has 7 nitrogen and oxygen atoms in total. The monoisotopic (exact) mass is 445 g/mol. The van der Waals surface area contributed by atoms with Crippen molar-refractivity contribution in [3.63, 3.8) is 0 Å². The van der Waals surface area contributed by atoms with Crippen molar-refractivity contribution in [2.45, 2.75) is 32.0 Å². The Morgan fingerprint density at radius 3 is 2.70 bits per heavy atom. The van der Waals surface area contributed by atoms with E-state index in [2.05, 4.69) is 56.2 Å². The van der Waals surface area contributed by atoms with Crippen LogP contribution in [0.15, 0.2) is 82.4 Å². The van der Waals surface area contributed by atoms with E-state index in [0.29, 0.717) is 12.6 Å². The van der Waals surface area contributed by atoms with Gasteiger partial charge in [-0.15, -0.1) is 0 Å². The molecule has 1 unspecified atom stereocenters. The van der Waals surface area contributed by atoms with Gasteiger partial charge in [-0.1, -0.05) is 42.5 Å². The molecule has 1 aromatic heterocycles. The second kappa shape index (κ2) is 11.3. The van der Waals surface area contributed by atoms with Crippen LogP contribution in [0.3, 0.4) is 0 Å². The van der Waals surface area contributed by atoms with Gasteiger partial charge in [0.1, 0.15) is 0 Å². The van der Waals surface area contributed by atoms with Gasteiger partial charge in [-0.05, 0) is 54.8 Å². The summed E-state index contributed by atoms with van der Waals surface area (Å²) in [4.78, 5) is 19.1. The first-order valence-electron chi connectivity index (χ1n) is 11.4. The third-order valence-corrected chi connectivity index (χ3v) is 5.85. The lowest BCUT2D eigenvalue weighted by atomic mass is 10.2. The zero-order valence-corrected chi connectivity index (χ0v) is 19.0. The number of furan rings is 1. The largest absolute Gasteiger partial charge is 0.459 e. The molecule has 172 valence electrons. The van der Waals surface area contributed by atoms with Crippen LogP contribution in [0.2, 0.25) is 0 Å². The third kappa shape index (κ3) is 6.46. The lowest BCUT2D eigenvalue weighted by Gasteiger charge is -2.25. The molecule has 1 amide bonds. The predicted octanol–water partition coefficient (Wildman–Crippen LogP) is 3.86. The summed E-state index contributed by atoms with van der Waals surface area (Å²) in [6.07, 6.45) is 3.90. The van der Waals surface area contributed by atoms with Crippen molar-refractivity contribution in [2.75, 3.05) is 25.5 Å². The van der Waals surface area contributed by atoms with Crippen LogP contribution < -0.4 is 16.0 Å². The van der Waals surface area contributed by atoms with Crippen LogP contribution in [0.25, 0.3) is 0 Å². The fraction of sp³-hybridized carbons (Fsp3) is 0.308. The van der Waals surface area contributed by atoms with Crippen LogP contribution in [0.4, 0.5) is 5.69 Å². The Bertz CT molecular complexity index is 1050. The first kappa shape index (κ1) is 22.6. The molecule has 1 fully saturated rings. The minimum atomic E-state index is -0.265.